The van der Waals surface area contributed by atoms with Gasteiger partial charge in [-0.15, -0.1) is 0 Å². The van der Waals surface area contributed by atoms with Crippen molar-refractivity contribution in [2.75, 3.05) is 0 Å². The topological polar surface area (TPSA) is 31.6 Å². The van der Waals surface area contributed by atoms with Gasteiger partial charge >= 0.3 is 0 Å². The molecule has 1 aromatic heterocycles. The predicted octanol–water partition coefficient (Wildman–Crippen LogP) is 8.92. The van der Waals surface area contributed by atoms with Crippen molar-refractivity contribution in [3.63, 3.8) is 0 Å². The van der Waals surface area contributed by atoms with Crippen LogP contribution in [0.4, 0.5) is 0 Å². The van der Waals surface area contributed by atoms with Crippen LogP contribution in [-0.2, 0) is 13.2 Å². The highest BCUT2D eigenvalue weighted by molar-refractivity contribution is 6.01. The van der Waals surface area contributed by atoms with Gasteiger partial charge < -0.3 is 13.9 Å². The maximum Gasteiger partial charge on any atom is 0.143 e. The maximum absolute atomic E-state index is 6.37. The lowest BCUT2D eigenvalue weighted by molar-refractivity contribution is 0.306. The van der Waals surface area contributed by atoms with Crippen LogP contribution in [-0.4, -0.2) is 0 Å². The molecule has 0 atom stereocenters. The molecular formula is C34H26O3. The molecule has 6 rings (SSSR count). The Balaban J connectivity index is 1.26. The summed E-state index contributed by atoms with van der Waals surface area (Å²) >= 11 is 0. The molecule has 3 nitrogen and oxygen atoms in total. The molecule has 0 spiro atoms. The minimum Gasteiger partial charge on any atom is -0.489 e. The fourth-order valence-corrected chi connectivity index (χ4v) is 4.44. The van der Waals surface area contributed by atoms with Gasteiger partial charge in [0.15, 0.2) is 0 Å². The maximum atomic E-state index is 6.37. The van der Waals surface area contributed by atoms with E-state index >= 15 is 0 Å². The molecule has 0 aliphatic heterocycles. The summed E-state index contributed by atoms with van der Waals surface area (Å²) < 4.78 is 18.4. The first-order chi connectivity index (χ1) is 18.3. The number of ether oxygens (including phenoxy) is 2. The van der Waals surface area contributed by atoms with Crippen LogP contribution < -0.4 is 9.47 Å². The average Bonchev–Trinajstić information content (AvgIpc) is 3.36. The van der Waals surface area contributed by atoms with Crippen molar-refractivity contribution in [3.8, 4) is 33.9 Å². The van der Waals surface area contributed by atoms with E-state index in [1.54, 1.807) is 0 Å². The zero-order valence-electron chi connectivity index (χ0n) is 20.3. The number of furan rings is 1. The van der Waals surface area contributed by atoms with Crippen molar-refractivity contribution >= 4 is 11.0 Å². The van der Waals surface area contributed by atoms with Gasteiger partial charge in [0, 0.05) is 16.5 Å². The second-order valence-corrected chi connectivity index (χ2v) is 8.90. The second kappa shape index (κ2) is 10.5. The number of rotatable bonds is 8. The van der Waals surface area contributed by atoms with Crippen molar-refractivity contribution in [2.24, 2.45) is 0 Å². The van der Waals surface area contributed by atoms with E-state index in [1.165, 1.54) is 0 Å². The molecule has 0 fully saturated rings. The molecule has 3 heteroatoms. The van der Waals surface area contributed by atoms with E-state index in [4.69, 9.17) is 13.9 Å². The van der Waals surface area contributed by atoms with Crippen molar-refractivity contribution < 1.29 is 13.9 Å². The van der Waals surface area contributed by atoms with Gasteiger partial charge in [-0.05, 0) is 59.2 Å². The number of benzene rings is 5. The Labute approximate surface area is 216 Å². The molecule has 6 aromatic rings. The van der Waals surface area contributed by atoms with Crippen LogP contribution in [0.25, 0.3) is 33.4 Å². The summed E-state index contributed by atoms with van der Waals surface area (Å²) in [4.78, 5) is 0. The Hall–Kier alpha value is -4.76. The smallest absolute Gasteiger partial charge is 0.143 e. The van der Waals surface area contributed by atoms with E-state index in [0.29, 0.717) is 13.2 Å². The van der Waals surface area contributed by atoms with Crippen LogP contribution in [0.1, 0.15) is 11.1 Å². The number of para-hydroxylation sites is 1. The normalized spacial score (nSPS) is 10.9. The van der Waals surface area contributed by atoms with Gasteiger partial charge in [-0.1, -0.05) is 91.0 Å². The fraction of sp³-hybridized carbons (Fsp3) is 0.0588. The van der Waals surface area contributed by atoms with Crippen LogP contribution in [0.15, 0.2) is 138 Å². The molecular weight excluding hydrogens is 456 g/mol. The lowest BCUT2D eigenvalue weighted by Gasteiger charge is -2.09. The lowest BCUT2D eigenvalue weighted by atomic mass is 9.98. The molecule has 0 saturated heterocycles. The molecule has 0 radical (unpaired) electrons. The summed E-state index contributed by atoms with van der Waals surface area (Å²) in [6.07, 6.45) is 0. The first-order valence-corrected chi connectivity index (χ1v) is 12.4. The highest BCUT2D eigenvalue weighted by Gasteiger charge is 2.17. The number of fused-ring (bicyclic) bond motifs is 1. The predicted molar refractivity (Wildman–Crippen MR) is 149 cm³/mol. The quantitative estimate of drug-likeness (QED) is 0.217. The third kappa shape index (κ3) is 5.12. The van der Waals surface area contributed by atoms with Crippen LogP contribution in [0.3, 0.4) is 0 Å². The van der Waals surface area contributed by atoms with E-state index in [-0.39, 0.29) is 0 Å². The highest BCUT2D eigenvalue weighted by Crippen LogP contribution is 2.41. The van der Waals surface area contributed by atoms with E-state index < -0.39 is 0 Å². The Morgan fingerprint density at radius 3 is 1.51 bits per heavy atom. The Morgan fingerprint density at radius 2 is 0.946 bits per heavy atom. The lowest BCUT2D eigenvalue weighted by Crippen LogP contribution is -1.95. The second-order valence-electron chi connectivity index (χ2n) is 8.90. The van der Waals surface area contributed by atoms with Gasteiger partial charge in [-0.2, -0.15) is 0 Å². The monoisotopic (exact) mass is 482 g/mol. The van der Waals surface area contributed by atoms with Crippen molar-refractivity contribution in [1.82, 2.24) is 0 Å². The van der Waals surface area contributed by atoms with E-state index in [2.05, 4.69) is 54.6 Å². The van der Waals surface area contributed by atoms with Crippen molar-refractivity contribution in [2.45, 2.75) is 13.2 Å². The zero-order chi connectivity index (χ0) is 24.9. The van der Waals surface area contributed by atoms with Gasteiger partial charge in [-0.3, -0.25) is 0 Å². The molecule has 37 heavy (non-hydrogen) atoms. The highest BCUT2D eigenvalue weighted by atomic mass is 16.5. The number of hydrogen-bond donors (Lipinski definition) is 0. The van der Waals surface area contributed by atoms with Crippen molar-refractivity contribution in [3.05, 3.63) is 145 Å². The van der Waals surface area contributed by atoms with Gasteiger partial charge in [0.1, 0.15) is 36.1 Å². The summed E-state index contributed by atoms with van der Waals surface area (Å²) in [7, 11) is 0. The largest absolute Gasteiger partial charge is 0.489 e. The van der Waals surface area contributed by atoms with Crippen LogP contribution >= 0.6 is 0 Å². The SMILES string of the molecule is c1ccc(COc2ccc(-c3oc4ccccc4c3-c3ccc(OCc4ccccc4)cc3)cc2)cc1. The standard InChI is InChI=1S/C34H26O3/c1-3-9-25(10-4-1)23-35-29-19-15-27(16-20-29)33-31-13-7-8-14-32(31)37-34(33)28-17-21-30(22-18-28)36-24-26-11-5-2-6-12-26/h1-22H,23-24H2. The van der Waals surface area contributed by atoms with E-state index in [9.17, 15) is 0 Å². The summed E-state index contributed by atoms with van der Waals surface area (Å²) in [5, 5.41) is 1.08. The fourth-order valence-electron chi connectivity index (χ4n) is 4.44. The summed E-state index contributed by atoms with van der Waals surface area (Å²) in [6, 6.07) is 44.9. The molecule has 0 amide bonds. The van der Waals surface area contributed by atoms with Gasteiger partial charge in [-0.25, -0.2) is 0 Å². The van der Waals surface area contributed by atoms with E-state index in [1.807, 2.05) is 78.9 Å². The Bertz CT molecular complexity index is 1580. The van der Waals surface area contributed by atoms with Crippen LogP contribution in [0, 0.1) is 0 Å². The minimum absolute atomic E-state index is 0.536. The third-order valence-corrected chi connectivity index (χ3v) is 6.35. The third-order valence-electron chi connectivity index (χ3n) is 6.35. The molecule has 0 bridgehead atoms. The first kappa shape index (κ1) is 22.7. The molecule has 0 aliphatic rings. The Morgan fingerprint density at radius 1 is 0.459 bits per heavy atom. The Kier molecular flexibility index (Phi) is 6.42. The zero-order valence-corrected chi connectivity index (χ0v) is 20.3. The molecule has 5 aromatic carbocycles. The van der Waals surface area contributed by atoms with Gasteiger partial charge in [0.05, 0.1) is 0 Å². The minimum atomic E-state index is 0.536. The molecule has 0 aliphatic carbocycles. The molecule has 0 unspecified atom stereocenters. The van der Waals surface area contributed by atoms with Gasteiger partial charge in [0.25, 0.3) is 0 Å². The summed E-state index contributed by atoms with van der Waals surface area (Å²) in [5.74, 6) is 2.50. The number of hydrogen-bond acceptors (Lipinski definition) is 3. The van der Waals surface area contributed by atoms with Crippen LogP contribution in [0.5, 0.6) is 11.5 Å². The summed E-state index contributed by atoms with van der Waals surface area (Å²) in [5.41, 5.74) is 6.30. The van der Waals surface area contributed by atoms with Crippen molar-refractivity contribution in [1.29, 1.82) is 0 Å². The molecule has 0 N–H and O–H groups in total. The molecule has 1 heterocycles. The summed E-state index contributed by atoms with van der Waals surface area (Å²) in [6.45, 7) is 1.08. The van der Waals surface area contributed by atoms with Crippen LogP contribution in [0.2, 0.25) is 0 Å². The average molecular weight is 483 g/mol. The first-order valence-electron chi connectivity index (χ1n) is 12.4. The van der Waals surface area contributed by atoms with Gasteiger partial charge in [0.2, 0.25) is 0 Å². The van der Waals surface area contributed by atoms with E-state index in [0.717, 1.165) is 56.0 Å². The molecule has 180 valence electrons. The molecule has 0 saturated carbocycles.